The molecule has 0 radical (unpaired) electrons. The van der Waals surface area contributed by atoms with Gasteiger partial charge in [-0.3, -0.25) is 4.79 Å². The molecule has 0 aliphatic rings. The van der Waals surface area contributed by atoms with Gasteiger partial charge in [-0.05, 0) is 41.8 Å². The minimum Gasteiger partial charge on any atom is -0.489 e. The van der Waals surface area contributed by atoms with Crippen molar-refractivity contribution in [1.82, 2.24) is 4.90 Å². The van der Waals surface area contributed by atoms with Gasteiger partial charge in [-0.2, -0.15) is 10.5 Å². The van der Waals surface area contributed by atoms with E-state index in [9.17, 15) is 15.3 Å². The third kappa shape index (κ3) is 5.09. The highest BCUT2D eigenvalue weighted by Crippen LogP contribution is 2.24. The van der Waals surface area contributed by atoms with Gasteiger partial charge in [0.05, 0.1) is 11.6 Å². The summed E-state index contributed by atoms with van der Waals surface area (Å²) in [6, 6.07) is 16.8. The van der Waals surface area contributed by atoms with Crippen LogP contribution in [0.3, 0.4) is 0 Å². The largest absolute Gasteiger partial charge is 0.489 e. The van der Waals surface area contributed by atoms with Crippen molar-refractivity contribution in [2.24, 2.45) is 0 Å². The highest BCUT2D eigenvalue weighted by molar-refractivity contribution is 6.01. The Labute approximate surface area is 165 Å². The van der Waals surface area contributed by atoms with E-state index in [1.165, 1.54) is 4.90 Å². The zero-order valence-corrected chi connectivity index (χ0v) is 16.0. The molecule has 28 heavy (non-hydrogen) atoms. The minimum atomic E-state index is -0.346. The van der Waals surface area contributed by atoms with Crippen LogP contribution in [-0.4, -0.2) is 24.9 Å². The second-order valence-electron chi connectivity index (χ2n) is 6.29. The van der Waals surface area contributed by atoms with Crippen molar-refractivity contribution in [3.8, 4) is 17.9 Å². The molecule has 1 amide bonds. The van der Waals surface area contributed by atoms with Crippen LogP contribution in [0, 0.1) is 22.7 Å². The molecule has 0 aromatic heterocycles. The van der Waals surface area contributed by atoms with Crippen LogP contribution >= 0.6 is 0 Å². The molecule has 0 unspecified atom stereocenters. The van der Waals surface area contributed by atoms with Gasteiger partial charge in [-0.15, -0.1) is 6.58 Å². The summed E-state index contributed by atoms with van der Waals surface area (Å²) in [6.45, 7) is 4.04. The van der Waals surface area contributed by atoms with Gasteiger partial charge >= 0.3 is 0 Å². The fourth-order valence-corrected chi connectivity index (χ4v) is 2.61. The molecule has 0 fully saturated rings. The van der Waals surface area contributed by atoms with Crippen molar-refractivity contribution in [1.29, 1.82) is 10.5 Å². The molecule has 5 heteroatoms. The second kappa shape index (κ2) is 9.75. The van der Waals surface area contributed by atoms with E-state index in [1.807, 2.05) is 30.3 Å². The fourth-order valence-electron chi connectivity index (χ4n) is 2.61. The number of amides is 1. The molecule has 0 heterocycles. The van der Waals surface area contributed by atoms with Gasteiger partial charge < -0.3 is 9.64 Å². The molecule has 0 saturated heterocycles. The Bertz CT molecular complexity index is 992. The smallest absolute Gasteiger partial charge is 0.264 e. The summed E-state index contributed by atoms with van der Waals surface area (Å²) in [4.78, 5) is 13.4. The second-order valence-corrected chi connectivity index (χ2v) is 6.29. The van der Waals surface area contributed by atoms with Gasteiger partial charge in [-0.25, -0.2) is 0 Å². The van der Waals surface area contributed by atoms with Crippen LogP contribution in [0.15, 0.2) is 60.7 Å². The molecule has 0 bridgehead atoms. The van der Waals surface area contributed by atoms with Crippen LogP contribution in [0.4, 0.5) is 0 Å². The Kier molecular flexibility index (Phi) is 7.13. The molecule has 0 aliphatic carbocycles. The maximum Gasteiger partial charge on any atom is 0.264 e. The van der Waals surface area contributed by atoms with E-state index < -0.39 is 0 Å². The molecule has 2 rings (SSSR count). The zero-order chi connectivity index (χ0) is 20.5. The highest BCUT2D eigenvalue weighted by Gasteiger charge is 2.12. The molecular formula is C23H21N3O2. The lowest BCUT2D eigenvalue weighted by Gasteiger charge is -2.13. The fraction of sp³-hybridized carbons (Fsp3) is 0.174. The maximum absolute atomic E-state index is 12.0. The highest BCUT2D eigenvalue weighted by atomic mass is 16.5. The number of hydrogen-bond acceptors (Lipinski definition) is 4. The molecule has 2 aromatic rings. The number of nitriles is 2. The topological polar surface area (TPSA) is 77.1 Å². The molecule has 0 atom stereocenters. The molecule has 0 aliphatic heterocycles. The first kappa shape index (κ1) is 20.5. The van der Waals surface area contributed by atoms with Crippen LogP contribution < -0.4 is 4.74 Å². The first-order valence-corrected chi connectivity index (χ1v) is 8.68. The Morgan fingerprint density at radius 3 is 2.57 bits per heavy atom. The quantitative estimate of drug-likeness (QED) is 0.421. The van der Waals surface area contributed by atoms with Gasteiger partial charge in [0.2, 0.25) is 0 Å². The average molecular weight is 371 g/mol. The van der Waals surface area contributed by atoms with Crippen molar-refractivity contribution in [2.75, 3.05) is 14.1 Å². The summed E-state index contributed by atoms with van der Waals surface area (Å²) in [5, 5.41) is 18.5. The summed E-state index contributed by atoms with van der Waals surface area (Å²) in [7, 11) is 3.21. The van der Waals surface area contributed by atoms with E-state index in [1.54, 1.807) is 44.4 Å². The number of ether oxygens (including phenoxy) is 1. The molecule has 5 nitrogen and oxygen atoms in total. The molecular weight excluding hydrogens is 350 g/mol. The Morgan fingerprint density at radius 2 is 1.93 bits per heavy atom. The van der Waals surface area contributed by atoms with Crippen LogP contribution in [0.25, 0.3) is 6.08 Å². The monoisotopic (exact) mass is 371 g/mol. The van der Waals surface area contributed by atoms with E-state index in [-0.39, 0.29) is 18.1 Å². The van der Waals surface area contributed by atoms with Crippen molar-refractivity contribution in [2.45, 2.75) is 13.0 Å². The van der Waals surface area contributed by atoms with Crippen molar-refractivity contribution in [3.05, 3.63) is 82.9 Å². The van der Waals surface area contributed by atoms with Crippen molar-refractivity contribution in [3.63, 3.8) is 0 Å². The Balaban J connectivity index is 2.30. The lowest BCUT2D eigenvalue weighted by Crippen LogP contribution is -2.22. The SMILES string of the molecule is C=CCc1cc(/C=C(/C#N)C(=O)N(C)C)ccc1OCc1ccccc1C#N. The number of allylic oxidation sites excluding steroid dienone is 1. The third-order valence-electron chi connectivity index (χ3n) is 4.04. The summed E-state index contributed by atoms with van der Waals surface area (Å²) >= 11 is 0. The van der Waals surface area contributed by atoms with Crippen LogP contribution in [0.5, 0.6) is 5.75 Å². The predicted octanol–water partition coefficient (Wildman–Crippen LogP) is 3.86. The minimum absolute atomic E-state index is 0.0613. The molecule has 2 aromatic carbocycles. The number of nitrogens with zero attached hydrogens (tertiary/aromatic N) is 3. The average Bonchev–Trinajstić information content (AvgIpc) is 2.71. The number of hydrogen-bond donors (Lipinski definition) is 0. The van der Waals surface area contributed by atoms with Crippen LogP contribution in [0.1, 0.15) is 22.3 Å². The Morgan fingerprint density at radius 1 is 1.18 bits per heavy atom. The number of carbonyl (C=O) groups excluding carboxylic acids is 1. The van der Waals surface area contributed by atoms with Crippen molar-refractivity contribution < 1.29 is 9.53 Å². The first-order valence-electron chi connectivity index (χ1n) is 8.68. The van der Waals surface area contributed by atoms with Gasteiger partial charge in [-0.1, -0.05) is 30.3 Å². The summed E-state index contributed by atoms with van der Waals surface area (Å²) < 4.78 is 5.93. The van der Waals surface area contributed by atoms with E-state index in [2.05, 4.69) is 12.6 Å². The molecule has 0 saturated carbocycles. The molecule has 0 N–H and O–H groups in total. The first-order chi connectivity index (χ1) is 13.5. The van der Waals surface area contributed by atoms with E-state index in [0.29, 0.717) is 17.7 Å². The molecule has 0 spiro atoms. The number of likely N-dealkylation sites (N-methyl/N-ethyl adjacent to an activating group) is 1. The van der Waals surface area contributed by atoms with Crippen LogP contribution in [0.2, 0.25) is 0 Å². The number of rotatable bonds is 7. The summed E-state index contributed by atoms with van der Waals surface area (Å²) in [5.74, 6) is 0.323. The number of benzene rings is 2. The standard InChI is InChI=1S/C23H21N3O2/c1-4-7-18-12-17(13-21(15-25)23(27)26(2)3)10-11-22(18)28-16-20-9-6-5-8-19(20)14-24/h4-6,8-13H,1,7,16H2,2-3H3/b21-13-. The van der Waals surface area contributed by atoms with Crippen molar-refractivity contribution >= 4 is 12.0 Å². The van der Waals surface area contributed by atoms with Gasteiger partial charge in [0.15, 0.2) is 0 Å². The zero-order valence-electron chi connectivity index (χ0n) is 16.0. The van der Waals surface area contributed by atoms with Gasteiger partial charge in [0.1, 0.15) is 24.0 Å². The predicted molar refractivity (Wildman–Crippen MR) is 108 cm³/mol. The number of carbonyl (C=O) groups is 1. The molecule has 140 valence electrons. The lowest BCUT2D eigenvalue weighted by molar-refractivity contribution is -0.124. The third-order valence-corrected chi connectivity index (χ3v) is 4.04. The maximum atomic E-state index is 12.0. The summed E-state index contributed by atoms with van der Waals surface area (Å²) in [6.07, 6.45) is 3.89. The van der Waals surface area contributed by atoms with Crippen LogP contribution in [-0.2, 0) is 17.8 Å². The van der Waals surface area contributed by atoms with Gasteiger partial charge in [0.25, 0.3) is 5.91 Å². The van der Waals surface area contributed by atoms with Gasteiger partial charge in [0, 0.05) is 19.7 Å². The Hall–Kier alpha value is -3.83. The summed E-state index contributed by atoms with van der Waals surface area (Å²) in [5.41, 5.74) is 3.06. The lowest BCUT2D eigenvalue weighted by atomic mass is 10.0. The normalized spacial score (nSPS) is 10.5. The van der Waals surface area contributed by atoms with E-state index in [0.717, 1.165) is 16.7 Å². The van der Waals surface area contributed by atoms with E-state index >= 15 is 0 Å². The van der Waals surface area contributed by atoms with E-state index in [4.69, 9.17) is 4.74 Å².